The van der Waals surface area contributed by atoms with Crippen molar-refractivity contribution in [3.8, 4) is 0 Å². The van der Waals surface area contributed by atoms with E-state index in [1.807, 2.05) is 0 Å². The lowest BCUT2D eigenvalue weighted by molar-refractivity contribution is 0.0690. The normalized spacial score (nSPS) is 10.8. The summed E-state index contributed by atoms with van der Waals surface area (Å²) in [5.41, 5.74) is 1.09. The van der Waals surface area contributed by atoms with Crippen molar-refractivity contribution < 1.29 is 14.3 Å². The van der Waals surface area contributed by atoms with E-state index in [0.29, 0.717) is 11.3 Å². The zero-order chi connectivity index (χ0) is 15.0. The number of aromatic nitrogens is 2. The fraction of sp³-hybridized carbons (Fsp3) is 0.0667. The predicted octanol–water partition coefficient (Wildman–Crippen LogP) is 2.94. The van der Waals surface area contributed by atoms with E-state index in [4.69, 9.17) is 0 Å². The van der Waals surface area contributed by atoms with E-state index in [0.717, 1.165) is 0 Å². The van der Waals surface area contributed by atoms with Crippen LogP contribution in [0.5, 0.6) is 0 Å². The molecular formula is C15H12FN3O2. The van der Waals surface area contributed by atoms with Gasteiger partial charge in [0.25, 0.3) is 0 Å². The highest BCUT2D eigenvalue weighted by atomic mass is 19.1. The molecule has 0 unspecified atom stereocenters. The van der Waals surface area contributed by atoms with Gasteiger partial charge in [-0.25, -0.2) is 14.2 Å². The van der Waals surface area contributed by atoms with Crippen molar-refractivity contribution in [2.75, 3.05) is 11.9 Å². The number of carboxylic acids is 1. The van der Waals surface area contributed by atoms with Crippen LogP contribution in [-0.2, 0) is 0 Å². The summed E-state index contributed by atoms with van der Waals surface area (Å²) in [7, 11) is 1.66. The SMILES string of the molecule is CN(c1cccc(F)c1)c1nc2ccccn2c1C(=O)O. The number of halogens is 1. The Morgan fingerprint density at radius 1 is 1.29 bits per heavy atom. The first-order valence-corrected chi connectivity index (χ1v) is 6.27. The van der Waals surface area contributed by atoms with E-state index >= 15 is 0 Å². The van der Waals surface area contributed by atoms with E-state index in [9.17, 15) is 14.3 Å². The molecule has 1 N–H and O–H groups in total. The number of anilines is 2. The van der Waals surface area contributed by atoms with Crippen LogP contribution < -0.4 is 4.90 Å². The van der Waals surface area contributed by atoms with E-state index in [1.54, 1.807) is 48.5 Å². The third-order valence-corrected chi connectivity index (χ3v) is 3.23. The number of hydrogen-bond acceptors (Lipinski definition) is 3. The molecule has 0 fully saturated rings. The zero-order valence-electron chi connectivity index (χ0n) is 11.2. The number of nitrogens with zero attached hydrogens (tertiary/aromatic N) is 3. The largest absolute Gasteiger partial charge is 0.476 e. The number of imidazole rings is 1. The quantitative estimate of drug-likeness (QED) is 0.804. The van der Waals surface area contributed by atoms with Crippen LogP contribution >= 0.6 is 0 Å². The van der Waals surface area contributed by atoms with Crippen molar-refractivity contribution in [3.05, 3.63) is 60.2 Å². The van der Waals surface area contributed by atoms with Gasteiger partial charge >= 0.3 is 5.97 Å². The predicted molar refractivity (Wildman–Crippen MR) is 76.6 cm³/mol. The molecule has 0 bridgehead atoms. The number of pyridine rings is 1. The third-order valence-electron chi connectivity index (χ3n) is 3.23. The molecule has 2 aromatic heterocycles. The van der Waals surface area contributed by atoms with Crippen molar-refractivity contribution in [1.29, 1.82) is 0 Å². The maximum absolute atomic E-state index is 13.3. The molecule has 0 atom stereocenters. The summed E-state index contributed by atoms with van der Waals surface area (Å²) in [5, 5.41) is 9.44. The fourth-order valence-electron chi connectivity index (χ4n) is 2.22. The standard InChI is InChI=1S/C15H12FN3O2/c1-18(11-6-4-5-10(16)9-11)14-13(15(20)21)19-8-3-2-7-12(19)17-14/h2-9H,1H3,(H,20,21). The molecule has 0 radical (unpaired) electrons. The number of rotatable bonds is 3. The molecule has 0 spiro atoms. The van der Waals surface area contributed by atoms with Gasteiger partial charge in [-0.15, -0.1) is 0 Å². The molecular weight excluding hydrogens is 273 g/mol. The molecule has 0 saturated heterocycles. The van der Waals surface area contributed by atoms with Crippen LogP contribution in [-0.4, -0.2) is 27.5 Å². The van der Waals surface area contributed by atoms with Gasteiger partial charge in [0.15, 0.2) is 11.5 Å². The summed E-state index contributed by atoms with van der Waals surface area (Å²) in [6, 6.07) is 11.1. The highest BCUT2D eigenvalue weighted by Crippen LogP contribution is 2.27. The van der Waals surface area contributed by atoms with Crippen LogP contribution in [0.25, 0.3) is 5.65 Å². The molecule has 0 aliphatic carbocycles. The summed E-state index contributed by atoms with van der Waals surface area (Å²) < 4.78 is 14.8. The molecule has 2 heterocycles. The molecule has 0 saturated carbocycles. The topological polar surface area (TPSA) is 57.8 Å². The van der Waals surface area contributed by atoms with E-state index in [1.165, 1.54) is 16.5 Å². The summed E-state index contributed by atoms with van der Waals surface area (Å²) in [6.07, 6.45) is 1.63. The highest BCUT2D eigenvalue weighted by Gasteiger charge is 2.22. The number of benzene rings is 1. The maximum Gasteiger partial charge on any atom is 0.356 e. The third kappa shape index (κ3) is 2.20. The smallest absolute Gasteiger partial charge is 0.356 e. The van der Waals surface area contributed by atoms with Crippen LogP contribution in [0, 0.1) is 5.82 Å². The van der Waals surface area contributed by atoms with Crippen molar-refractivity contribution in [2.45, 2.75) is 0 Å². The minimum Gasteiger partial charge on any atom is -0.476 e. The molecule has 3 aromatic rings. The minimum absolute atomic E-state index is 0.0392. The van der Waals surface area contributed by atoms with Gasteiger partial charge in [0.2, 0.25) is 0 Å². The van der Waals surface area contributed by atoms with Gasteiger partial charge in [0.1, 0.15) is 11.5 Å². The van der Waals surface area contributed by atoms with Crippen LogP contribution in [0.1, 0.15) is 10.5 Å². The number of carbonyl (C=O) groups is 1. The molecule has 6 heteroatoms. The van der Waals surface area contributed by atoms with Gasteiger partial charge in [-0.1, -0.05) is 12.1 Å². The fourth-order valence-corrected chi connectivity index (χ4v) is 2.22. The molecule has 0 aliphatic rings. The number of aromatic carboxylic acids is 1. The summed E-state index contributed by atoms with van der Waals surface area (Å²) >= 11 is 0. The lowest BCUT2D eigenvalue weighted by Crippen LogP contribution is -2.15. The minimum atomic E-state index is -1.09. The number of carboxylic acid groups (broad SMARTS) is 1. The van der Waals surface area contributed by atoms with Crippen LogP contribution in [0.4, 0.5) is 15.9 Å². The van der Waals surface area contributed by atoms with Crippen molar-refractivity contribution in [1.82, 2.24) is 9.38 Å². The van der Waals surface area contributed by atoms with Gasteiger partial charge in [-0.3, -0.25) is 4.40 Å². The van der Waals surface area contributed by atoms with Crippen molar-refractivity contribution in [3.63, 3.8) is 0 Å². The van der Waals surface area contributed by atoms with Gasteiger partial charge in [0.05, 0.1) is 0 Å². The average Bonchev–Trinajstić information content (AvgIpc) is 2.85. The lowest BCUT2D eigenvalue weighted by atomic mass is 10.2. The Balaban J connectivity index is 2.19. The Kier molecular flexibility index (Phi) is 3.06. The lowest BCUT2D eigenvalue weighted by Gasteiger charge is -2.17. The van der Waals surface area contributed by atoms with Crippen molar-refractivity contribution >= 4 is 23.1 Å². The van der Waals surface area contributed by atoms with E-state index in [2.05, 4.69) is 4.98 Å². The number of hydrogen-bond donors (Lipinski definition) is 1. The highest BCUT2D eigenvalue weighted by molar-refractivity contribution is 5.94. The van der Waals surface area contributed by atoms with Crippen LogP contribution in [0.3, 0.4) is 0 Å². The van der Waals surface area contributed by atoms with Gasteiger partial charge in [0, 0.05) is 18.9 Å². The molecule has 0 aliphatic heterocycles. The monoisotopic (exact) mass is 285 g/mol. The van der Waals surface area contributed by atoms with E-state index < -0.39 is 5.97 Å². The van der Waals surface area contributed by atoms with Crippen LogP contribution in [0.15, 0.2) is 48.7 Å². The average molecular weight is 285 g/mol. The Bertz CT molecular complexity index is 829. The summed E-state index contributed by atoms with van der Waals surface area (Å²) in [5.74, 6) is -1.22. The molecule has 5 nitrogen and oxygen atoms in total. The Labute approximate surface area is 119 Å². The summed E-state index contributed by atoms with van der Waals surface area (Å²) in [4.78, 5) is 17.4. The Morgan fingerprint density at radius 3 is 2.81 bits per heavy atom. The first-order valence-electron chi connectivity index (χ1n) is 6.27. The first-order chi connectivity index (χ1) is 10.1. The van der Waals surface area contributed by atoms with E-state index in [-0.39, 0.29) is 17.3 Å². The Hall–Kier alpha value is -2.89. The maximum atomic E-state index is 13.3. The zero-order valence-corrected chi connectivity index (χ0v) is 11.2. The van der Waals surface area contributed by atoms with Gasteiger partial charge < -0.3 is 10.0 Å². The second-order valence-corrected chi connectivity index (χ2v) is 4.56. The summed E-state index contributed by atoms with van der Waals surface area (Å²) in [6.45, 7) is 0. The van der Waals surface area contributed by atoms with Crippen molar-refractivity contribution in [2.24, 2.45) is 0 Å². The molecule has 3 rings (SSSR count). The molecule has 1 aromatic carbocycles. The van der Waals surface area contributed by atoms with Gasteiger partial charge in [-0.2, -0.15) is 0 Å². The first kappa shape index (κ1) is 13.1. The van der Waals surface area contributed by atoms with Crippen LogP contribution in [0.2, 0.25) is 0 Å². The second-order valence-electron chi connectivity index (χ2n) is 4.56. The molecule has 106 valence electrons. The van der Waals surface area contributed by atoms with Gasteiger partial charge in [-0.05, 0) is 30.3 Å². The number of fused-ring (bicyclic) bond motifs is 1. The second kappa shape index (κ2) is 4.90. The Morgan fingerprint density at radius 2 is 2.10 bits per heavy atom. The molecule has 0 amide bonds. The molecule has 21 heavy (non-hydrogen) atoms.